The second kappa shape index (κ2) is 5.73. The minimum Gasteiger partial charge on any atom is -0.371 e. The summed E-state index contributed by atoms with van der Waals surface area (Å²) in [4.78, 5) is 30.3. The lowest BCUT2D eigenvalue weighted by Crippen LogP contribution is -2.54. The van der Waals surface area contributed by atoms with Gasteiger partial charge in [0.1, 0.15) is 0 Å². The number of nitrogens with zero attached hydrogens (tertiary/aromatic N) is 3. The Kier molecular flexibility index (Phi) is 3.79. The second-order valence-electron chi connectivity index (χ2n) is 5.41. The third-order valence-corrected chi connectivity index (χ3v) is 4.08. The van der Waals surface area contributed by atoms with Gasteiger partial charge in [-0.05, 0) is 12.1 Å². The molecule has 0 atom stereocenters. The minimum absolute atomic E-state index is 0.393. The van der Waals surface area contributed by atoms with Gasteiger partial charge in [0.25, 0.3) is 0 Å². The Morgan fingerprint density at radius 2 is 1.62 bits per heavy atom. The summed E-state index contributed by atoms with van der Waals surface area (Å²) >= 11 is 0. The quantitative estimate of drug-likeness (QED) is 0.678. The van der Waals surface area contributed by atoms with E-state index in [4.69, 9.17) is 0 Å². The topological polar surface area (TPSA) is 55.9 Å². The molecular weight excluding hydrogens is 268 g/mol. The van der Waals surface area contributed by atoms with Crippen LogP contribution in [0.2, 0.25) is 0 Å². The fraction of sp³-hybridized carbons (Fsp3) is 0.467. The van der Waals surface area contributed by atoms with Crippen LogP contribution >= 0.6 is 0 Å². The molecule has 6 heteroatoms. The van der Waals surface area contributed by atoms with Crippen LogP contribution in [-0.2, 0) is 9.59 Å². The maximum absolute atomic E-state index is 12.6. The highest BCUT2D eigenvalue weighted by molar-refractivity contribution is 6.40. The van der Waals surface area contributed by atoms with Crippen molar-refractivity contribution < 1.29 is 9.59 Å². The van der Waals surface area contributed by atoms with Crippen LogP contribution in [0.3, 0.4) is 0 Å². The summed E-state index contributed by atoms with van der Waals surface area (Å²) in [6, 6.07) is 7.72. The average molecular weight is 288 g/mol. The van der Waals surface area contributed by atoms with E-state index in [0.29, 0.717) is 19.6 Å². The summed E-state index contributed by atoms with van der Waals surface area (Å²) in [6.07, 6.45) is 0. The molecule has 1 N–H and O–H groups in total. The van der Waals surface area contributed by atoms with E-state index in [9.17, 15) is 9.59 Å². The zero-order valence-electron chi connectivity index (χ0n) is 12.2. The molecule has 3 rings (SSSR count). The molecule has 0 saturated carbocycles. The van der Waals surface area contributed by atoms with Crippen molar-refractivity contribution in [3.05, 3.63) is 24.3 Å². The van der Waals surface area contributed by atoms with Crippen molar-refractivity contribution in [3.8, 4) is 0 Å². The number of likely N-dealkylation sites (N-methyl/N-ethyl adjacent to an activating group) is 1. The van der Waals surface area contributed by atoms with Crippen molar-refractivity contribution in [2.45, 2.75) is 0 Å². The van der Waals surface area contributed by atoms with Gasteiger partial charge in [-0.15, -0.1) is 0 Å². The van der Waals surface area contributed by atoms with Crippen LogP contribution in [0.15, 0.2) is 24.3 Å². The number of carbonyl (C=O) groups is 2. The molecule has 1 aromatic rings. The molecule has 0 aromatic heterocycles. The monoisotopic (exact) mass is 288 g/mol. The highest BCUT2D eigenvalue weighted by Crippen LogP contribution is 2.31. The van der Waals surface area contributed by atoms with Crippen molar-refractivity contribution in [1.82, 2.24) is 10.2 Å². The Hall–Kier alpha value is -2.08. The Balaban J connectivity index is 1.82. The molecule has 1 fully saturated rings. The molecule has 1 aromatic carbocycles. The first-order chi connectivity index (χ1) is 10.2. The normalized spacial score (nSPS) is 18.4. The molecule has 2 aliphatic heterocycles. The van der Waals surface area contributed by atoms with Crippen LogP contribution in [0.1, 0.15) is 0 Å². The first-order valence-corrected chi connectivity index (χ1v) is 7.30. The van der Waals surface area contributed by atoms with E-state index < -0.39 is 11.8 Å². The lowest BCUT2D eigenvalue weighted by atomic mass is 10.1. The van der Waals surface area contributed by atoms with Crippen LogP contribution in [0, 0.1) is 0 Å². The van der Waals surface area contributed by atoms with E-state index in [1.54, 1.807) is 9.80 Å². The van der Waals surface area contributed by atoms with Crippen LogP contribution in [0.25, 0.3) is 0 Å². The van der Waals surface area contributed by atoms with Crippen LogP contribution in [-0.4, -0.2) is 63.0 Å². The number of hydrogen-bond acceptors (Lipinski definition) is 4. The molecule has 0 unspecified atom stereocenters. The predicted molar refractivity (Wildman–Crippen MR) is 81.5 cm³/mol. The fourth-order valence-corrected chi connectivity index (χ4v) is 2.84. The Bertz CT molecular complexity index is 554. The molecule has 0 aliphatic carbocycles. The SMILES string of the molecule is CN1CCN(C(=O)C(=O)N2CCNCC2)c2ccccc21. The maximum atomic E-state index is 12.6. The smallest absolute Gasteiger partial charge is 0.316 e. The number of para-hydroxylation sites is 2. The Labute approximate surface area is 124 Å². The summed E-state index contributed by atoms with van der Waals surface area (Å²) < 4.78 is 0. The fourth-order valence-electron chi connectivity index (χ4n) is 2.84. The van der Waals surface area contributed by atoms with Crippen LogP contribution in [0.5, 0.6) is 0 Å². The summed E-state index contributed by atoms with van der Waals surface area (Å²) in [6.45, 7) is 3.97. The minimum atomic E-state index is -0.419. The van der Waals surface area contributed by atoms with Gasteiger partial charge in [-0.2, -0.15) is 0 Å². The van der Waals surface area contributed by atoms with Crippen LogP contribution in [0.4, 0.5) is 11.4 Å². The maximum Gasteiger partial charge on any atom is 0.316 e. The van der Waals surface area contributed by atoms with Gasteiger partial charge in [-0.3, -0.25) is 9.59 Å². The van der Waals surface area contributed by atoms with Crippen molar-refractivity contribution >= 4 is 23.2 Å². The van der Waals surface area contributed by atoms with Crippen molar-refractivity contribution in [2.75, 3.05) is 56.1 Å². The molecule has 0 radical (unpaired) electrons. The first kappa shape index (κ1) is 13.9. The largest absolute Gasteiger partial charge is 0.371 e. The number of nitrogens with one attached hydrogen (secondary N) is 1. The molecule has 2 aliphatic rings. The van der Waals surface area contributed by atoms with Gasteiger partial charge in [0.05, 0.1) is 11.4 Å². The number of hydrogen-bond donors (Lipinski definition) is 1. The van der Waals surface area contributed by atoms with E-state index in [-0.39, 0.29) is 0 Å². The number of anilines is 2. The molecular formula is C15H20N4O2. The Morgan fingerprint density at radius 1 is 0.952 bits per heavy atom. The molecule has 2 amide bonds. The van der Waals surface area contributed by atoms with E-state index in [2.05, 4.69) is 10.2 Å². The summed E-state index contributed by atoms with van der Waals surface area (Å²) in [5.74, 6) is -0.812. The molecule has 0 bridgehead atoms. The van der Waals surface area contributed by atoms with E-state index >= 15 is 0 Å². The third-order valence-electron chi connectivity index (χ3n) is 4.08. The lowest BCUT2D eigenvalue weighted by Gasteiger charge is -2.36. The predicted octanol–water partition coefficient (Wildman–Crippen LogP) is -0.0988. The van der Waals surface area contributed by atoms with Gasteiger partial charge in [0.2, 0.25) is 0 Å². The number of carbonyl (C=O) groups excluding carboxylic acids is 2. The van der Waals surface area contributed by atoms with Gasteiger partial charge < -0.3 is 20.0 Å². The highest BCUT2D eigenvalue weighted by atomic mass is 16.2. The standard InChI is InChI=1S/C15H20N4O2/c1-17-10-11-19(13-5-3-2-4-12(13)17)15(21)14(20)18-8-6-16-7-9-18/h2-5,16H,6-11H2,1H3. The van der Waals surface area contributed by atoms with Gasteiger partial charge in [0.15, 0.2) is 0 Å². The summed E-state index contributed by atoms with van der Waals surface area (Å²) in [5.41, 5.74) is 1.81. The number of piperazine rings is 1. The zero-order valence-corrected chi connectivity index (χ0v) is 12.2. The molecule has 6 nitrogen and oxygen atoms in total. The lowest BCUT2D eigenvalue weighted by molar-refractivity contribution is -0.144. The summed E-state index contributed by atoms with van der Waals surface area (Å²) in [7, 11) is 2.00. The second-order valence-corrected chi connectivity index (χ2v) is 5.41. The van der Waals surface area contributed by atoms with Crippen molar-refractivity contribution in [3.63, 3.8) is 0 Å². The molecule has 112 valence electrons. The van der Waals surface area contributed by atoms with Crippen molar-refractivity contribution in [1.29, 1.82) is 0 Å². The van der Waals surface area contributed by atoms with Crippen molar-refractivity contribution in [2.24, 2.45) is 0 Å². The summed E-state index contributed by atoms with van der Waals surface area (Å²) in [5, 5.41) is 3.18. The molecule has 2 heterocycles. The van der Waals surface area contributed by atoms with Gasteiger partial charge in [-0.1, -0.05) is 12.1 Å². The van der Waals surface area contributed by atoms with Gasteiger partial charge in [-0.25, -0.2) is 0 Å². The highest BCUT2D eigenvalue weighted by Gasteiger charge is 2.32. The third kappa shape index (κ3) is 2.58. The molecule has 21 heavy (non-hydrogen) atoms. The number of benzene rings is 1. The Morgan fingerprint density at radius 3 is 2.33 bits per heavy atom. The number of rotatable bonds is 0. The van der Waals surface area contributed by atoms with E-state index in [0.717, 1.165) is 31.0 Å². The van der Waals surface area contributed by atoms with E-state index in [1.807, 2.05) is 31.3 Å². The van der Waals surface area contributed by atoms with E-state index in [1.165, 1.54) is 0 Å². The molecule has 0 spiro atoms. The first-order valence-electron chi connectivity index (χ1n) is 7.30. The molecule has 1 saturated heterocycles. The van der Waals surface area contributed by atoms with Crippen LogP contribution < -0.4 is 15.1 Å². The average Bonchev–Trinajstić information content (AvgIpc) is 2.55. The zero-order chi connectivity index (χ0) is 14.8. The van der Waals surface area contributed by atoms with Gasteiger partial charge >= 0.3 is 11.8 Å². The number of fused-ring (bicyclic) bond motifs is 1. The number of amides is 2. The van der Waals surface area contributed by atoms with Gasteiger partial charge in [0, 0.05) is 46.3 Å².